The molecule has 0 fully saturated rings. The van der Waals surface area contributed by atoms with Gasteiger partial charge in [-0.1, -0.05) is 6.92 Å². The molecule has 0 saturated carbocycles. The van der Waals surface area contributed by atoms with E-state index in [1.54, 1.807) is 6.92 Å². The summed E-state index contributed by atoms with van der Waals surface area (Å²) in [5, 5.41) is 0. The Morgan fingerprint density at radius 2 is 1.88 bits per heavy atom. The van der Waals surface area contributed by atoms with E-state index in [2.05, 4.69) is 0 Å². The first-order valence-electron chi connectivity index (χ1n) is 1.98. The first-order chi connectivity index (χ1) is 3.06. The first kappa shape index (κ1) is 12.0. The third-order valence-corrected chi connectivity index (χ3v) is 1.81. The molecular formula is C3H7ClNaO2S. The molecule has 0 aromatic rings. The minimum absolute atomic E-state index is 0. The Morgan fingerprint density at radius 3 is 1.88 bits per heavy atom. The van der Waals surface area contributed by atoms with E-state index in [1.165, 1.54) is 0 Å². The number of rotatable bonds is 2. The average Bonchev–Trinajstić information content (AvgIpc) is 1.30. The van der Waals surface area contributed by atoms with Gasteiger partial charge in [-0.15, -0.1) is 0 Å². The Hall–Kier alpha value is 1.24. The molecule has 0 aromatic heterocycles. The van der Waals surface area contributed by atoms with E-state index in [1.807, 2.05) is 0 Å². The molecule has 8 heavy (non-hydrogen) atoms. The van der Waals surface area contributed by atoms with Gasteiger partial charge in [0.2, 0.25) is 9.05 Å². The van der Waals surface area contributed by atoms with Crippen molar-refractivity contribution in [3.05, 3.63) is 0 Å². The summed E-state index contributed by atoms with van der Waals surface area (Å²) >= 11 is 0. The molecule has 0 amide bonds. The van der Waals surface area contributed by atoms with Crippen LogP contribution in [0.1, 0.15) is 13.3 Å². The zero-order valence-corrected chi connectivity index (χ0v) is 8.59. The van der Waals surface area contributed by atoms with Gasteiger partial charge in [-0.25, -0.2) is 8.42 Å². The molecule has 0 heterocycles. The van der Waals surface area contributed by atoms with Gasteiger partial charge in [-0.3, -0.25) is 0 Å². The van der Waals surface area contributed by atoms with Gasteiger partial charge >= 0.3 is 0 Å². The second kappa shape index (κ2) is 5.06. The van der Waals surface area contributed by atoms with Crippen molar-refractivity contribution in [3.8, 4) is 0 Å². The van der Waals surface area contributed by atoms with Gasteiger partial charge in [-0.2, -0.15) is 0 Å². The molecule has 5 heteroatoms. The summed E-state index contributed by atoms with van der Waals surface area (Å²) in [6, 6.07) is 0. The monoisotopic (exact) mass is 165 g/mol. The predicted octanol–water partition coefficient (Wildman–Crippen LogP) is 0.584. The molecule has 0 unspecified atom stereocenters. The molecule has 0 aliphatic rings. The van der Waals surface area contributed by atoms with Gasteiger partial charge in [0.1, 0.15) is 0 Å². The maximum atomic E-state index is 10.00. The molecule has 0 spiro atoms. The summed E-state index contributed by atoms with van der Waals surface area (Å²) < 4.78 is 20.0. The minimum Gasteiger partial charge on any atom is -0.212 e. The van der Waals surface area contributed by atoms with Crippen LogP contribution in [0.5, 0.6) is 0 Å². The van der Waals surface area contributed by atoms with E-state index in [0.717, 1.165) is 0 Å². The minimum atomic E-state index is -3.20. The van der Waals surface area contributed by atoms with Gasteiger partial charge < -0.3 is 0 Å². The van der Waals surface area contributed by atoms with Crippen LogP contribution in [0.25, 0.3) is 0 Å². The number of hydrogen-bond donors (Lipinski definition) is 0. The van der Waals surface area contributed by atoms with Gasteiger partial charge in [0, 0.05) is 40.2 Å². The van der Waals surface area contributed by atoms with Crippen LogP contribution in [-0.2, 0) is 9.05 Å². The molecule has 45 valence electrons. The van der Waals surface area contributed by atoms with Gasteiger partial charge in [0.25, 0.3) is 0 Å². The van der Waals surface area contributed by atoms with Crippen molar-refractivity contribution < 1.29 is 8.42 Å². The van der Waals surface area contributed by atoms with Crippen molar-refractivity contribution >= 4 is 49.3 Å². The third-order valence-electron chi connectivity index (χ3n) is 0.448. The molecule has 1 radical (unpaired) electrons. The fourth-order valence-corrected chi connectivity index (χ4v) is 1.19. The molecule has 0 aromatic carbocycles. The van der Waals surface area contributed by atoms with Crippen molar-refractivity contribution in [3.63, 3.8) is 0 Å². The average molecular weight is 166 g/mol. The zero-order chi connectivity index (χ0) is 5.91. The number of halogens is 1. The second-order valence-electron chi connectivity index (χ2n) is 1.24. The molecule has 2 nitrogen and oxygen atoms in total. The molecular weight excluding hydrogens is 159 g/mol. The standard InChI is InChI=1S/C3H7ClO2S.Na/c1-2-3-7(4,5)6;/h2-3H2,1H3;. The summed E-state index contributed by atoms with van der Waals surface area (Å²) in [6.45, 7) is 1.76. The quantitative estimate of drug-likeness (QED) is 0.443. The molecule has 0 aliphatic heterocycles. The molecule has 0 aliphatic carbocycles. The smallest absolute Gasteiger partial charge is 0.212 e. The van der Waals surface area contributed by atoms with Crippen LogP contribution in [0.3, 0.4) is 0 Å². The summed E-state index contributed by atoms with van der Waals surface area (Å²) in [6.07, 6.45) is 0.589. The van der Waals surface area contributed by atoms with E-state index in [4.69, 9.17) is 10.7 Å². The first-order valence-corrected chi connectivity index (χ1v) is 4.46. The van der Waals surface area contributed by atoms with Crippen molar-refractivity contribution in [2.45, 2.75) is 13.3 Å². The van der Waals surface area contributed by atoms with E-state index in [9.17, 15) is 8.42 Å². The fourth-order valence-electron chi connectivity index (χ4n) is 0.244. The number of hydrogen-bond acceptors (Lipinski definition) is 2. The van der Waals surface area contributed by atoms with Crippen LogP contribution in [0.4, 0.5) is 0 Å². The Balaban J connectivity index is 0. The Labute approximate surface area is 76.3 Å². The summed E-state index contributed by atoms with van der Waals surface area (Å²) in [7, 11) is 1.60. The second-order valence-corrected chi connectivity index (χ2v) is 4.14. The Bertz CT molecular complexity index is 130. The van der Waals surface area contributed by atoms with Crippen LogP contribution >= 0.6 is 10.7 Å². The van der Waals surface area contributed by atoms with E-state index in [0.29, 0.717) is 6.42 Å². The van der Waals surface area contributed by atoms with Crippen LogP contribution in [-0.4, -0.2) is 43.7 Å². The van der Waals surface area contributed by atoms with E-state index in [-0.39, 0.29) is 35.3 Å². The normalized spacial score (nSPS) is 10.2. The molecule has 0 N–H and O–H groups in total. The van der Waals surface area contributed by atoms with Gasteiger partial charge in [-0.05, 0) is 6.42 Å². The SMILES string of the molecule is CCCS(=O)(=O)Cl.[Na]. The summed E-state index contributed by atoms with van der Waals surface area (Å²) in [5.74, 6) is 0.0779. The Morgan fingerprint density at radius 1 is 1.50 bits per heavy atom. The van der Waals surface area contributed by atoms with Crippen molar-refractivity contribution in [2.24, 2.45) is 0 Å². The van der Waals surface area contributed by atoms with Crippen molar-refractivity contribution in [1.82, 2.24) is 0 Å². The zero-order valence-electron chi connectivity index (χ0n) is 5.02. The maximum absolute atomic E-state index is 10.00. The largest absolute Gasteiger partial charge is 0.232 e. The van der Waals surface area contributed by atoms with E-state index >= 15 is 0 Å². The molecule has 0 rings (SSSR count). The van der Waals surface area contributed by atoms with Gasteiger partial charge in [0.05, 0.1) is 5.75 Å². The van der Waals surface area contributed by atoms with Crippen LogP contribution in [0.15, 0.2) is 0 Å². The molecule has 0 saturated heterocycles. The van der Waals surface area contributed by atoms with Crippen molar-refractivity contribution in [2.75, 3.05) is 5.75 Å². The van der Waals surface area contributed by atoms with Crippen LogP contribution in [0, 0.1) is 0 Å². The predicted molar refractivity (Wildman–Crippen MR) is 35.7 cm³/mol. The fraction of sp³-hybridized carbons (Fsp3) is 1.00. The van der Waals surface area contributed by atoms with Crippen LogP contribution in [0.2, 0.25) is 0 Å². The third kappa shape index (κ3) is 10.3. The molecule has 0 bridgehead atoms. The summed E-state index contributed by atoms with van der Waals surface area (Å²) in [5.41, 5.74) is 0. The molecule has 0 atom stereocenters. The van der Waals surface area contributed by atoms with E-state index < -0.39 is 9.05 Å². The Kier molecular flexibility index (Phi) is 7.57. The van der Waals surface area contributed by atoms with Gasteiger partial charge in [0.15, 0.2) is 0 Å². The van der Waals surface area contributed by atoms with Crippen LogP contribution < -0.4 is 0 Å². The summed E-state index contributed by atoms with van der Waals surface area (Å²) in [4.78, 5) is 0. The maximum Gasteiger partial charge on any atom is 0.232 e. The van der Waals surface area contributed by atoms with Crippen molar-refractivity contribution in [1.29, 1.82) is 0 Å². The topological polar surface area (TPSA) is 34.1 Å².